The van der Waals surface area contributed by atoms with Gasteiger partial charge in [0.2, 0.25) is 0 Å². The third-order valence-corrected chi connectivity index (χ3v) is 2.46. The van der Waals surface area contributed by atoms with Crippen LogP contribution in [0, 0.1) is 20.7 Å². The van der Waals surface area contributed by atoms with E-state index in [-0.39, 0.29) is 16.9 Å². The molecule has 66 valence electrons. The Labute approximate surface area is 88.5 Å². The van der Waals surface area contributed by atoms with Gasteiger partial charge in [0.05, 0.1) is 11.1 Å². The molecule has 0 atom stereocenters. The van der Waals surface area contributed by atoms with Gasteiger partial charge in [-0.3, -0.25) is 4.79 Å². The smallest absolute Gasteiger partial charge is 0.163 e. The molecule has 4 heteroatoms. The summed E-state index contributed by atoms with van der Waals surface area (Å²) < 4.78 is 13.9. The van der Waals surface area contributed by atoms with Crippen molar-refractivity contribution in [1.29, 1.82) is 5.26 Å². The number of Topliss-reactive ketones (excluding diaryl/α,β-unsaturated/α-hetero) is 1. The van der Waals surface area contributed by atoms with Crippen molar-refractivity contribution in [2.24, 2.45) is 0 Å². The lowest BCUT2D eigenvalue weighted by molar-refractivity contribution is 0.101. The SMILES string of the molecule is CC(=O)c1c(I)ccc(C#N)c1F. The number of nitriles is 1. The summed E-state index contributed by atoms with van der Waals surface area (Å²) in [5, 5.41) is 8.51. The monoisotopic (exact) mass is 289 g/mol. The first kappa shape index (κ1) is 10.1. The Balaban J connectivity index is 3.50. The van der Waals surface area contributed by atoms with Crippen LogP contribution in [0.5, 0.6) is 0 Å². The maximum atomic E-state index is 13.3. The van der Waals surface area contributed by atoms with Crippen LogP contribution in [0.15, 0.2) is 12.1 Å². The molecule has 0 radical (unpaired) electrons. The highest BCUT2D eigenvalue weighted by atomic mass is 127. The van der Waals surface area contributed by atoms with Gasteiger partial charge in [0.1, 0.15) is 6.07 Å². The molecule has 2 nitrogen and oxygen atoms in total. The van der Waals surface area contributed by atoms with E-state index in [2.05, 4.69) is 0 Å². The summed E-state index contributed by atoms with van der Waals surface area (Å²) in [6, 6.07) is 4.61. The summed E-state index contributed by atoms with van der Waals surface area (Å²) in [7, 11) is 0. The second kappa shape index (κ2) is 3.83. The second-order valence-electron chi connectivity index (χ2n) is 2.45. The number of hydrogen-bond donors (Lipinski definition) is 0. The second-order valence-corrected chi connectivity index (χ2v) is 3.61. The lowest BCUT2D eigenvalue weighted by Crippen LogP contribution is -2.02. The van der Waals surface area contributed by atoms with Crippen molar-refractivity contribution in [2.75, 3.05) is 0 Å². The van der Waals surface area contributed by atoms with E-state index in [9.17, 15) is 9.18 Å². The fourth-order valence-corrected chi connectivity index (χ4v) is 1.76. The summed E-state index contributed by atoms with van der Waals surface area (Å²) >= 11 is 1.86. The van der Waals surface area contributed by atoms with Crippen LogP contribution >= 0.6 is 22.6 Å². The van der Waals surface area contributed by atoms with Gasteiger partial charge in [-0.05, 0) is 41.6 Å². The lowest BCUT2D eigenvalue weighted by Gasteiger charge is -2.02. The zero-order valence-corrected chi connectivity index (χ0v) is 8.92. The minimum absolute atomic E-state index is 0.000324. The van der Waals surface area contributed by atoms with Crippen molar-refractivity contribution >= 4 is 28.4 Å². The molecule has 0 fully saturated rings. The van der Waals surface area contributed by atoms with Gasteiger partial charge < -0.3 is 0 Å². The average Bonchev–Trinajstić information content (AvgIpc) is 2.04. The number of ketones is 1. The molecule has 1 aromatic rings. The van der Waals surface area contributed by atoms with E-state index < -0.39 is 5.82 Å². The third kappa shape index (κ3) is 1.86. The first-order chi connectivity index (χ1) is 6.07. The molecule has 0 spiro atoms. The van der Waals surface area contributed by atoms with Gasteiger partial charge in [-0.25, -0.2) is 4.39 Å². The fourth-order valence-electron chi connectivity index (χ4n) is 0.962. The van der Waals surface area contributed by atoms with E-state index in [1.807, 2.05) is 22.6 Å². The minimum atomic E-state index is -0.720. The predicted molar refractivity (Wildman–Crippen MR) is 53.8 cm³/mol. The molecule has 1 rings (SSSR count). The number of carbonyl (C=O) groups excluding carboxylic acids is 1. The first-order valence-electron chi connectivity index (χ1n) is 3.47. The molecule has 0 aliphatic carbocycles. The van der Waals surface area contributed by atoms with Crippen LogP contribution in [0.4, 0.5) is 4.39 Å². The van der Waals surface area contributed by atoms with E-state index >= 15 is 0 Å². The molecular weight excluding hydrogens is 284 g/mol. The largest absolute Gasteiger partial charge is 0.294 e. The molecule has 13 heavy (non-hydrogen) atoms. The van der Waals surface area contributed by atoms with Crippen molar-refractivity contribution in [2.45, 2.75) is 6.92 Å². The Morgan fingerprint density at radius 2 is 2.23 bits per heavy atom. The summed E-state index contributed by atoms with van der Waals surface area (Å²) in [5.74, 6) is -1.08. The number of carbonyl (C=O) groups is 1. The summed E-state index contributed by atoms with van der Waals surface area (Å²) in [5.41, 5.74) is -0.0923. The van der Waals surface area contributed by atoms with Gasteiger partial charge in [-0.1, -0.05) is 0 Å². The zero-order chi connectivity index (χ0) is 10.0. The predicted octanol–water partition coefficient (Wildman–Crippen LogP) is 2.50. The number of nitrogens with zero attached hydrogens (tertiary/aromatic N) is 1. The van der Waals surface area contributed by atoms with Crippen LogP contribution in [0.25, 0.3) is 0 Å². The van der Waals surface area contributed by atoms with Crippen LogP contribution in [-0.2, 0) is 0 Å². The van der Waals surface area contributed by atoms with Crippen LogP contribution in [0.1, 0.15) is 22.8 Å². The van der Waals surface area contributed by atoms with E-state index in [4.69, 9.17) is 5.26 Å². The summed E-state index contributed by atoms with van der Waals surface area (Å²) in [6.45, 7) is 1.28. The highest BCUT2D eigenvalue weighted by Gasteiger charge is 2.15. The number of rotatable bonds is 1. The Hall–Kier alpha value is -0.960. The molecule has 0 unspecified atom stereocenters. The highest BCUT2D eigenvalue weighted by Crippen LogP contribution is 2.19. The van der Waals surface area contributed by atoms with Gasteiger partial charge in [-0.15, -0.1) is 0 Å². The quantitative estimate of drug-likeness (QED) is 0.588. The summed E-state index contributed by atoms with van der Waals surface area (Å²) in [6.07, 6.45) is 0. The Morgan fingerprint density at radius 3 is 2.69 bits per heavy atom. The molecule has 0 heterocycles. The molecule has 0 bridgehead atoms. The molecule has 0 saturated carbocycles. The molecule has 0 aromatic heterocycles. The molecule has 0 aliphatic heterocycles. The Morgan fingerprint density at radius 1 is 1.62 bits per heavy atom. The Bertz CT molecular complexity index is 409. The van der Waals surface area contributed by atoms with Gasteiger partial charge in [0.15, 0.2) is 11.6 Å². The van der Waals surface area contributed by atoms with Crippen LogP contribution in [-0.4, -0.2) is 5.78 Å². The van der Waals surface area contributed by atoms with Crippen molar-refractivity contribution in [3.05, 3.63) is 32.6 Å². The first-order valence-corrected chi connectivity index (χ1v) is 4.55. The zero-order valence-electron chi connectivity index (χ0n) is 6.77. The number of hydrogen-bond acceptors (Lipinski definition) is 2. The molecule has 0 aliphatic rings. The van der Waals surface area contributed by atoms with Gasteiger partial charge in [-0.2, -0.15) is 5.26 Å². The van der Waals surface area contributed by atoms with Crippen molar-refractivity contribution in [3.63, 3.8) is 0 Å². The van der Waals surface area contributed by atoms with Gasteiger partial charge in [0, 0.05) is 3.57 Å². The van der Waals surface area contributed by atoms with Crippen molar-refractivity contribution < 1.29 is 9.18 Å². The molecule has 0 saturated heterocycles. The van der Waals surface area contributed by atoms with Crippen LogP contribution < -0.4 is 0 Å². The van der Waals surface area contributed by atoms with Crippen LogP contribution in [0.2, 0.25) is 0 Å². The fraction of sp³-hybridized carbons (Fsp3) is 0.111. The van der Waals surface area contributed by atoms with Gasteiger partial charge in [0.25, 0.3) is 0 Å². The number of halogens is 2. The molecule has 0 amide bonds. The Kier molecular flexibility index (Phi) is 2.98. The van der Waals surface area contributed by atoms with E-state index in [0.717, 1.165) is 0 Å². The normalized spacial score (nSPS) is 9.38. The average molecular weight is 289 g/mol. The third-order valence-electron chi connectivity index (χ3n) is 1.56. The topological polar surface area (TPSA) is 40.9 Å². The van der Waals surface area contributed by atoms with Gasteiger partial charge >= 0.3 is 0 Å². The standard InChI is InChI=1S/C9H5FINO/c1-5(13)8-7(11)3-2-6(4-12)9(8)10/h2-3H,1H3. The van der Waals surface area contributed by atoms with E-state index in [1.165, 1.54) is 13.0 Å². The molecular formula is C9H5FINO. The minimum Gasteiger partial charge on any atom is -0.294 e. The van der Waals surface area contributed by atoms with E-state index in [1.54, 1.807) is 12.1 Å². The molecule has 1 aromatic carbocycles. The molecule has 0 N–H and O–H groups in total. The highest BCUT2D eigenvalue weighted by molar-refractivity contribution is 14.1. The maximum Gasteiger partial charge on any atom is 0.163 e. The van der Waals surface area contributed by atoms with Crippen molar-refractivity contribution in [1.82, 2.24) is 0 Å². The summed E-state index contributed by atoms with van der Waals surface area (Å²) in [4.78, 5) is 11.0. The lowest BCUT2D eigenvalue weighted by atomic mass is 10.1. The number of benzene rings is 1. The van der Waals surface area contributed by atoms with E-state index in [0.29, 0.717) is 3.57 Å². The van der Waals surface area contributed by atoms with Crippen LogP contribution in [0.3, 0.4) is 0 Å². The van der Waals surface area contributed by atoms with Crippen molar-refractivity contribution in [3.8, 4) is 6.07 Å². The maximum absolute atomic E-state index is 13.3.